The topological polar surface area (TPSA) is 98.4 Å². The quantitative estimate of drug-likeness (QED) is 0.344. The summed E-state index contributed by atoms with van der Waals surface area (Å²) in [7, 11) is 1.97. The number of ether oxygens (including phenoxy) is 4. The zero-order valence-corrected chi connectivity index (χ0v) is 32.5. The van der Waals surface area contributed by atoms with E-state index in [0.29, 0.717) is 47.7 Å². The molecule has 7 fully saturated rings. The second-order valence-corrected chi connectivity index (χ2v) is 19.8. The second kappa shape index (κ2) is 12.0. The zero-order valence-electron chi connectivity index (χ0n) is 32.5. The van der Waals surface area contributed by atoms with E-state index in [4.69, 9.17) is 18.9 Å². The molecule has 9 nitrogen and oxygen atoms in total. The molecule has 1 aromatic heterocycles. The van der Waals surface area contributed by atoms with Crippen molar-refractivity contribution in [1.29, 1.82) is 0 Å². The molecule has 0 aromatic carbocycles. The first-order chi connectivity index (χ1) is 23.5. The third-order valence-electron chi connectivity index (χ3n) is 16.7. The van der Waals surface area contributed by atoms with Crippen molar-refractivity contribution < 1.29 is 29.2 Å². The maximum absolute atomic E-state index is 12.6. The van der Waals surface area contributed by atoms with Crippen LogP contribution >= 0.6 is 0 Å². The molecule has 8 rings (SSSR count). The van der Waals surface area contributed by atoms with E-state index in [9.17, 15) is 10.2 Å². The normalized spacial score (nSPS) is 48.9. The van der Waals surface area contributed by atoms with E-state index in [1.807, 2.05) is 38.7 Å². The van der Waals surface area contributed by atoms with Crippen LogP contribution in [0.3, 0.4) is 0 Å². The molecule has 1 unspecified atom stereocenters. The van der Waals surface area contributed by atoms with Crippen LogP contribution in [-0.4, -0.2) is 93.6 Å². The van der Waals surface area contributed by atoms with Crippen molar-refractivity contribution in [3.05, 3.63) is 18.0 Å². The highest BCUT2D eigenvalue weighted by Crippen LogP contribution is 2.89. The van der Waals surface area contributed by atoms with Crippen LogP contribution in [0.1, 0.15) is 112 Å². The fraction of sp³-hybridized carbons (Fsp3) is 0.927. The molecule has 14 atom stereocenters. The van der Waals surface area contributed by atoms with Gasteiger partial charge < -0.3 is 29.2 Å². The largest absolute Gasteiger partial charge is 0.390 e. The summed E-state index contributed by atoms with van der Waals surface area (Å²) < 4.78 is 28.2. The maximum atomic E-state index is 12.6. The van der Waals surface area contributed by atoms with Gasteiger partial charge in [0.15, 0.2) is 6.29 Å². The first-order valence-corrected chi connectivity index (χ1v) is 20.2. The summed E-state index contributed by atoms with van der Waals surface area (Å²) in [6, 6.07) is 0. The average Bonchev–Trinajstić information content (AvgIpc) is 3.48. The minimum absolute atomic E-state index is 0.0136. The Hall–Kier alpha value is -1.07. The summed E-state index contributed by atoms with van der Waals surface area (Å²) >= 11 is 0. The summed E-state index contributed by atoms with van der Waals surface area (Å²) in [6.45, 7) is 21.8. The molecule has 2 aliphatic heterocycles. The van der Waals surface area contributed by atoms with Crippen LogP contribution in [0.25, 0.3) is 0 Å². The fourth-order valence-electron chi connectivity index (χ4n) is 14.6. The molecule has 3 heterocycles. The SMILES string of the molecule is CCO[C@@H]([C@H]1C[C@@H](C)[C@H]2[C@H](O1)[C@H](O)[C@@]1(C)[C@@H]3CC[C@H]4C(C)(C)[C@@H](O[C@H]5CN(Cc6cnn(C)c6)CCO5)CCC45C[C@@]35CC[C@]21C)C(C)(C)O. The Balaban J connectivity index is 1.000. The number of aliphatic hydroxyl groups is 2. The van der Waals surface area contributed by atoms with Gasteiger partial charge in [0.2, 0.25) is 0 Å². The number of hydrogen-bond donors (Lipinski definition) is 2. The number of rotatable bonds is 8. The third kappa shape index (κ3) is 4.98. The Morgan fingerprint density at radius 2 is 1.82 bits per heavy atom. The predicted molar refractivity (Wildman–Crippen MR) is 191 cm³/mol. The van der Waals surface area contributed by atoms with Gasteiger partial charge in [0.1, 0.15) is 6.10 Å². The molecular formula is C41H67N3O6. The highest BCUT2D eigenvalue weighted by Gasteiger charge is 2.84. The lowest BCUT2D eigenvalue weighted by molar-refractivity contribution is -0.249. The predicted octanol–water partition coefficient (Wildman–Crippen LogP) is 5.95. The third-order valence-corrected chi connectivity index (χ3v) is 16.7. The monoisotopic (exact) mass is 698 g/mol. The Bertz CT molecular complexity index is 1430. The van der Waals surface area contributed by atoms with E-state index in [1.54, 1.807) is 0 Å². The first kappa shape index (κ1) is 35.9. The van der Waals surface area contributed by atoms with E-state index in [0.717, 1.165) is 38.9 Å². The molecule has 0 amide bonds. The van der Waals surface area contributed by atoms with Crippen molar-refractivity contribution in [2.24, 2.45) is 57.8 Å². The molecule has 0 radical (unpaired) electrons. The molecule has 2 spiro atoms. The molecule has 7 aliphatic rings. The molecule has 282 valence electrons. The van der Waals surface area contributed by atoms with Crippen molar-refractivity contribution in [3.63, 3.8) is 0 Å². The summed E-state index contributed by atoms with van der Waals surface area (Å²) in [6.07, 6.45) is 12.0. The van der Waals surface area contributed by atoms with Crippen LogP contribution in [0, 0.1) is 50.7 Å². The number of nitrogens with zero attached hydrogens (tertiary/aromatic N) is 3. The highest BCUT2D eigenvalue weighted by molar-refractivity contribution is 5.33. The number of hydrogen-bond acceptors (Lipinski definition) is 8. The van der Waals surface area contributed by atoms with Gasteiger partial charge in [-0.15, -0.1) is 0 Å². The van der Waals surface area contributed by atoms with Crippen molar-refractivity contribution >= 4 is 0 Å². The molecule has 9 heteroatoms. The van der Waals surface area contributed by atoms with Gasteiger partial charge in [-0.25, -0.2) is 0 Å². The van der Waals surface area contributed by atoms with E-state index in [-0.39, 0.29) is 40.8 Å². The van der Waals surface area contributed by atoms with Gasteiger partial charge in [-0.2, -0.15) is 5.10 Å². The Morgan fingerprint density at radius 1 is 1.08 bits per heavy atom. The molecule has 50 heavy (non-hydrogen) atoms. The second-order valence-electron chi connectivity index (χ2n) is 19.8. The lowest BCUT2D eigenvalue weighted by atomic mass is 9.41. The Labute approximate surface area is 301 Å². The van der Waals surface area contributed by atoms with E-state index >= 15 is 0 Å². The highest BCUT2D eigenvalue weighted by atomic mass is 16.7. The first-order valence-electron chi connectivity index (χ1n) is 20.2. The molecular weight excluding hydrogens is 630 g/mol. The molecule has 5 saturated carbocycles. The summed E-state index contributed by atoms with van der Waals surface area (Å²) in [5.41, 5.74) is 0.718. The van der Waals surface area contributed by atoms with Crippen molar-refractivity contribution in [1.82, 2.24) is 14.7 Å². The molecule has 2 N–H and O–H groups in total. The van der Waals surface area contributed by atoms with E-state index < -0.39 is 17.8 Å². The van der Waals surface area contributed by atoms with Crippen molar-refractivity contribution in [2.75, 3.05) is 26.3 Å². The van der Waals surface area contributed by atoms with Crippen molar-refractivity contribution in [2.45, 2.75) is 156 Å². The minimum atomic E-state index is -1.02. The van der Waals surface area contributed by atoms with Gasteiger partial charge >= 0.3 is 0 Å². The van der Waals surface area contributed by atoms with Gasteiger partial charge in [0.25, 0.3) is 0 Å². The fourth-order valence-corrected chi connectivity index (χ4v) is 14.6. The minimum Gasteiger partial charge on any atom is -0.390 e. The molecule has 2 saturated heterocycles. The van der Waals surface area contributed by atoms with Crippen molar-refractivity contribution in [3.8, 4) is 0 Å². The number of fused-ring (bicyclic) bond motifs is 4. The average molecular weight is 698 g/mol. The summed E-state index contributed by atoms with van der Waals surface area (Å²) in [5.74, 6) is 1.80. The Kier molecular flexibility index (Phi) is 8.60. The summed E-state index contributed by atoms with van der Waals surface area (Å²) in [5, 5.41) is 28.1. The van der Waals surface area contributed by atoms with Gasteiger partial charge in [0, 0.05) is 50.5 Å². The smallest absolute Gasteiger partial charge is 0.170 e. The number of aromatic nitrogens is 2. The summed E-state index contributed by atoms with van der Waals surface area (Å²) in [4.78, 5) is 2.45. The van der Waals surface area contributed by atoms with Crippen LogP contribution in [0.2, 0.25) is 0 Å². The molecule has 5 aliphatic carbocycles. The van der Waals surface area contributed by atoms with Gasteiger partial charge in [-0.3, -0.25) is 9.58 Å². The van der Waals surface area contributed by atoms with Gasteiger partial charge in [0.05, 0.1) is 42.8 Å². The number of aliphatic hydroxyl groups excluding tert-OH is 1. The van der Waals surface area contributed by atoms with Crippen LogP contribution in [-0.2, 0) is 32.5 Å². The Morgan fingerprint density at radius 3 is 2.52 bits per heavy atom. The van der Waals surface area contributed by atoms with E-state index in [2.05, 4.69) is 50.8 Å². The van der Waals surface area contributed by atoms with Crippen LogP contribution in [0.4, 0.5) is 0 Å². The van der Waals surface area contributed by atoms with Gasteiger partial charge in [-0.05, 0) is 117 Å². The number of aryl methyl sites for hydroxylation is 1. The van der Waals surface area contributed by atoms with Crippen LogP contribution < -0.4 is 0 Å². The standard InChI is InChI=1S/C41H67N3O6/c1-10-47-35(37(5,6)46)27-19-25(2)32-33(49-27)34(45)39(8)29-12-11-28-36(3,4)30(13-14-40(28)24-41(29,40)16-15-38(32,39)7)50-31-23-44(17-18-48-31)22-26-20-42-43(9)21-26/h20-21,25,27-35,45-46H,10-19,22-24H2,1-9H3/t25-,27-,28+,29+,30+,31+,32+,33+,34+,35+,38-,39-,40?,41+/m1/s1. The van der Waals surface area contributed by atoms with Gasteiger partial charge in [-0.1, -0.05) is 34.6 Å². The molecule has 1 aromatic rings. The number of morpholine rings is 1. The van der Waals surface area contributed by atoms with E-state index in [1.165, 1.54) is 37.7 Å². The van der Waals surface area contributed by atoms with Crippen LogP contribution in [0.5, 0.6) is 0 Å². The lowest BCUT2D eigenvalue weighted by Gasteiger charge is -2.64. The molecule has 0 bridgehead atoms. The lowest BCUT2D eigenvalue weighted by Crippen LogP contribution is -2.60. The zero-order chi connectivity index (χ0) is 35.6. The maximum Gasteiger partial charge on any atom is 0.170 e. The van der Waals surface area contributed by atoms with Crippen LogP contribution in [0.15, 0.2) is 12.4 Å².